The predicted octanol–water partition coefficient (Wildman–Crippen LogP) is 2.62. The van der Waals surface area contributed by atoms with Crippen LogP contribution in [0.2, 0.25) is 0 Å². The number of hydrogen-bond donors (Lipinski definition) is 1. The molecule has 4 rings (SSSR count). The Kier molecular flexibility index (Phi) is 2.10. The molecule has 96 valence electrons. The fraction of sp³-hybridized carbons (Fsp3) is 0.333. The molecule has 1 unspecified atom stereocenters. The number of nitrogens with zero attached hydrogens (tertiary/aromatic N) is 2. The largest absolute Gasteiger partial charge is 0.342 e. The summed E-state index contributed by atoms with van der Waals surface area (Å²) in [6.45, 7) is 2.21. The van der Waals surface area contributed by atoms with Crippen LogP contribution in [0.1, 0.15) is 36.9 Å². The minimum absolute atomic E-state index is 0.0483. The molecule has 1 aliphatic carbocycles. The molecule has 4 nitrogen and oxygen atoms in total. The topological polar surface area (TPSA) is 50.2 Å². The summed E-state index contributed by atoms with van der Waals surface area (Å²) in [7, 11) is 0. The number of aryl methyl sites for hydroxylation is 1. The number of nitrogens with one attached hydrogen (secondary N) is 1. The molecule has 3 aromatic heterocycles. The summed E-state index contributed by atoms with van der Waals surface area (Å²) in [5.74, 6) is 0.491. The molecular formula is C15H15N3O. The SMILES string of the molecule is CC1CCCc2c1[nH]c1nc3ccccn3c(=O)c21. The zero-order valence-corrected chi connectivity index (χ0v) is 10.8. The lowest BCUT2D eigenvalue weighted by Gasteiger charge is -2.17. The molecule has 1 N–H and O–H groups in total. The van der Waals surface area contributed by atoms with Crippen molar-refractivity contribution in [3.05, 3.63) is 46.0 Å². The summed E-state index contributed by atoms with van der Waals surface area (Å²) >= 11 is 0. The molecule has 19 heavy (non-hydrogen) atoms. The Morgan fingerprint density at radius 1 is 1.42 bits per heavy atom. The van der Waals surface area contributed by atoms with Gasteiger partial charge in [-0.2, -0.15) is 0 Å². The van der Waals surface area contributed by atoms with E-state index < -0.39 is 0 Å². The molecule has 0 fully saturated rings. The van der Waals surface area contributed by atoms with Crippen LogP contribution in [0.25, 0.3) is 16.7 Å². The lowest BCUT2D eigenvalue weighted by Crippen LogP contribution is -2.16. The van der Waals surface area contributed by atoms with Crippen molar-refractivity contribution in [3.8, 4) is 0 Å². The molecule has 0 bridgehead atoms. The third-order valence-electron chi connectivity index (χ3n) is 4.17. The summed E-state index contributed by atoms with van der Waals surface area (Å²) in [5, 5.41) is 0.783. The number of H-pyrrole nitrogens is 1. The maximum absolute atomic E-state index is 12.6. The van der Waals surface area contributed by atoms with Crippen molar-refractivity contribution in [3.63, 3.8) is 0 Å². The second kappa shape index (κ2) is 3.70. The minimum Gasteiger partial charge on any atom is -0.342 e. The minimum atomic E-state index is 0.0483. The van der Waals surface area contributed by atoms with Crippen LogP contribution >= 0.6 is 0 Å². The number of fused-ring (bicyclic) bond motifs is 4. The van der Waals surface area contributed by atoms with E-state index >= 15 is 0 Å². The van der Waals surface area contributed by atoms with Gasteiger partial charge in [-0.05, 0) is 42.9 Å². The number of rotatable bonds is 0. The maximum Gasteiger partial charge on any atom is 0.267 e. The predicted molar refractivity (Wildman–Crippen MR) is 74.7 cm³/mol. The summed E-state index contributed by atoms with van der Waals surface area (Å²) in [4.78, 5) is 20.6. The molecule has 1 aliphatic rings. The van der Waals surface area contributed by atoms with E-state index in [0.717, 1.165) is 23.9 Å². The molecule has 3 heterocycles. The van der Waals surface area contributed by atoms with E-state index in [9.17, 15) is 4.79 Å². The Hall–Kier alpha value is -2.10. The lowest BCUT2D eigenvalue weighted by molar-refractivity contribution is 0.582. The van der Waals surface area contributed by atoms with Crippen LogP contribution in [0.15, 0.2) is 29.2 Å². The maximum atomic E-state index is 12.6. The van der Waals surface area contributed by atoms with Gasteiger partial charge in [0, 0.05) is 11.9 Å². The van der Waals surface area contributed by atoms with Crippen LogP contribution in [0.4, 0.5) is 0 Å². The highest BCUT2D eigenvalue weighted by Gasteiger charge is 2.23. The first-order chi connectivity index (χ1) is 9.25. The first kappa shape index (κ1) is 10.8. The molecule has 1 atom stereocenters. The first-order valence-electron chi connectivity index (χ1n) is 6.77. The highest BCUT2D eigenvalue weighted by molar-refractivity contribution is 5.82. The van der Waals surface area contributed by atoms with E-state index in [1.165, 1.54) is 17.7 Å². The average Bonchev–Trinajstić information content (AvgIpc) is 2.79. The Labute approximate surface area is 110 Å². The van der Waals surface area contributed by atoms with Crippen LogP contribution in [-0.4, -0.2) is 14.4 Å². The van der Waals surface area contributed by atoms with Gasteiger partial charge in [-0.25, -0.2) is 4.98 Å². The fourth-order valence-electron chi connectivity index (χ4n) is 3.20. The van der Waals surface area contributed by atoms with E-state index in [1.54, 1.807) is 10.6 Å². The quantitative estimate of drug-likeness (QED) is 0.669. The second-order valence-electron chi connectivity index (χ2n) is 5.38. The van der Waals surface area contributed by atoms with E-state index in [1.807, 2.05) is 18.2 Å². The zero-order valence-electron chi connectivity index (χ0n) is 10.8. The summed E-state index contributed by atoms with van der Waals surface area (Å²) in [5.41, 5.74) is 3.89. The Balaban J connectivity index is 2.20. The van der Waals surface area contributed by atoms with E-state index in [4.69, 9.17) is 0 Å². The van der Waals surface area contributed by atoms with Gasteiger partial charge in [0.25, 0.3) is 5.56 Å². The Morgan fingerprint density at radius 3 is 3.21 bits per heavy atom. The number of aromatic amines is 1. The monoisotopic (exact) mass is 253 g/mol. The zero-order chi connectivity index (χ0) is 13.0. The van der Waals surface area contributed by atoms with Gasteiger partial charge in [-0.15, -0.1) is 0 Å². The van der Waals surface area contributed by atoms with Crippen molar-refractivity contribution < 1.29 is 0 Å². The third-order valence-corrected chi connectivity index (χ3v) is 4.17. The van der Waals surface area contributed by atoms with Crippen molar-refractivity contribution in [2.24, 2.45) is 0 Å². The van der Waals surface area contributed by atoms with E-state index in [-0.39, 0.29) is 5.56 Å². The molecule has 0 aromatic carbocycles. The van der Waals surface area contributed by atoms with Gasteiger partial charge in [-0.3, -0.25) is 9.20 Å². The van der Waals surface area contributed by atoms with Gasteiger partial charge in [0.15, 0.2) is 0 Å². The first-order valence-corrected chi connectivity index (χ1v) is 6.77. The van der Waals surface area contributed by atoms with Crippen LogP contribution in [-0.2, 0) is 6.42 Å². The van der Waals surface area contributed by atoms with Gasteiger partial charge in [0.1, 0.15) is 11.3 Å². The fourth-order valence-corrected chi connectivity index (χ4v) is 3.20. The van der Waals surface area contributed by atoms with E-state index in [0.29, 0.717) is 11.6 Å². The molecule has 4 heteroatoms. The van der Waals surface area contributed by atoms with Gasteiger partial charge in [0.05, 0.1) is 5.39 Å². The van der Waals surface area contributed by atoms with Gasteiger partial charge in [0.2, 0.25) is 0 Å². The van der Waals surface area contributed by atoms with Crippen molar-refractivity contribution >= 4 is 16.7 Å². The molecule has 0 spiro atoms. The summed E-state index contributed by atoms with van der Waals surface area (Å²) < 4.78 is 1.63. The molecule has 0 amide bonds. The summed E-state index contributed by atoms with van der Waals surface area (Å²) in [6.07, 6.45) is 5.10. The highest BCUT2D eigenvalue weighted by Crippen LogP contribution is 2.33. The summed E-state index contributed by atoms with van der Waals surface area (Å²) in [6, 6.07) is 5.63. The van der Waals surface area contributed by atoms with Crippen molar-refractivity contribution in [1.29, 1.82) is 0 Å². The lowest BCUT2D eigenvalue weighted by atomic mass is 9.88. The molecular weight excluding hydrogens is 238 g/mol. The Bertz CT molecular complexity index is 844. The Morgan fingerprint density at radius 2 is 2.32 bits per heavy atom. The number of pyridine rings is 1. The van der Waals surface area contributed by atoms with Crippen molar-refractivity contribution in [1.82, 2.24) is 14.4 Å². The van der Waals surface area contributed by atoms with Crippen LogP contribution in [0.5, 0.6) is 0 Å². The normalized spacial score (nSPS) is 18.9. The standard InChI is InChI=1S/C15H15N3O/c1-9-5-4-6-10-12-14(17-13(9)10)16-11-7-2-3-8-18(11)15(12)19/h2-3,7-9,17H,4-6H2,1H3. The molecule has 3 aromatic rings. The second-order valence-corrected chi connectivity index (χ2v) is 5.38. The number of aromatic nitrogens is 3. The van der Waals surface area contributed by atoms with Crippen molar-refractivity contribution in [2.45, 2.75) is 32.1 Å². The van der Waals surface area contributed by atoms with Gasteiger partial charge >= 0.3 is 0 Å². The smallest absolute Gasteiger partial charge is 0.267 e. The molecule has 0 aliphatic heterocycles. The van der Waals surface area contributed by atoms with Crippen LogP contribution < -0.4 is 5.56 Å². The highest BCUT2D eigenvalue weighted by atomic mass is 16.1. The average molecular weight is 253 g/mol. The van der Waals surface area contributed by atoms with Crippen LogP contribution in [0.3, 0.4) is 0 Å². The molecule has 0 saturated carbocycles. The number of hydrogen-bond acceptors (Lipinski definition) is 2. The molecule has 0 saturated heterocycles. The molecule has 0 radical (unpaired) electrons. The van der Waals surface area contributed by atoms with Crippen LogP contribution in [0, 0.1) is 0 Å². The third kappa shape index (κ3) is 1.40. The van der Waals surface area contributed by atoms with E-state index in [2.05, 4.69) is 16.9 Å². The van der Waals surface area contributed by atoms with Gasteiger partial charge < -0.3 is 4.98 Å². The van der Waals surface area contributed by atoms with Gasteiger partial charge in [-0.1, -0.05) is 13.0 Å². The van der Waals surface area contributed by atoms with Crippen molar-refractivity contribution in [2.75, 3.05) is 0 Å².